The van der Waals surface area contributed by atoms with Crippen LogP contribution in [0.15, 0.2) is 59.2 Å². The van der Waals surface area contributed by atoms with Gasteiger partial charge in [-0.3, -0.25) is 4.79 Å². The van der Waals surface area contributed by atoms with E-state index >= 15 is 0 Å². The Morgan fingerprint density at radius 2 is 1.74 bits per heavy atom. The molecule has 1 unspecified atom stereocenters. The second kappa shape index (κ2) is 13.6. The average molecular weight is 591 g/mol. The van der Waals surface area contributed by atoms with E-state index in [1.54, 1.807) is 31.3 Å². The number of nitrogens with zero attached hydrogens (tertiary/aromatic N) is 4. The number of anilines is 3. The van der Waals surface area contributed by atoms with Gasteiger partial charge in [0, 0.05) is 55.9 Å². The van der Waals surface area contributed by atoms with Gasteiger partial charge in [0.25, 0.3) is 5.91 Å². The van der Waals surface area contributed by atoms with Crippen molar-refractivity contribution in [1.82, 2.24) is 20.2 Å². The van der Waals surface area contributed by atoms with E-state index < -0.39 is 6.10 Å². The zero-order chi connectivity index (χ0) is 30.3. The van der Waals surface area contributed by atoms with Crippen molar-refractivity contribution in [1.29, 1.82) is 0 Å². The highest BCUT2D eigenvalue weighted by Gasteiger charge is 2.26. The number of furan rings is 1. The quantitative estimate of drug-likeness (QED) is 0.223. The predicted molar refractivity (Wildman–Crippen MR) is 164 cm³/mol. The van der Waals surface area contributed by atoms with E-state index in [2.05, 4.69) is 15.5 Å². The van der Waals surface area contributed by atoms with E-state index in [9.17, 15) is 9.90 Å². The second-order valence-corrected chi connectivity index (χ2v) is 10.5. The fourth-order valence-electron chi connectivity index (χ4n) is 4.74. The second-order valence-electron chi connectivity index (χ2n) is 10.5. The molecule has 12 heteroatoms. The summed E-state index contributed by atoms with van der Waals surface area (Å²) >= 11 is 0. The topological polar surface area (TPSA) is 134 Å². The largest absolute Gasteiger partial charge is 0.493 e. The molecule has 1 atom stereocenters. The van der Waals surface area contributed by atoms with Gasteiger partial charge in [-0.1, -0.05) is 13.8 Å². The third-order valence-corrected chi connectivity index (χ3v) is 7.09. The summed E-state index contributed by atoms with van der Waals surface area (Å²) in [6, 6.07) is 14.8. The molecule has 3 heterocycles. The summed E-state index contributed by atoms with van der Waals surface area (Å²) in [5.41, 5.74) is 1.48. The molecule has 0 aliphatic carbocycles. The van der Waals surface area contributed by atoms with Gasteiger partial charge in [0.15, 0.2) is 17.3 Å². The van der Waals surface area contributed by atoms with Crippen LogP contribution in [-0.4, -0.2) is 91.6 Å². The minimum absolute atomic E-state index is 0.127. The Balaban J connectivity index is 1.35. The van der Waals surface area contributed by atoms with Crippen molar-refractivity contribution >= 4 is 34.3 Å². The predicted octanol–water partition coefficient (Wildman–Crippen LogP) is 3.68. The number of aliphatic hydroxyl groups excluding tert-OH is 1. The van der Waals surface area contributed by atoms with Crippen molar-refractivity contribution in [2.24, 2.45) is 0 Å². The van der Waals surface area contributed by atoms with Crippen LogP contribution >= 0.6 is 0 Å². The molecule has 4 aromatic rings. The van der Waals surface area contributed by atoms with Crippen LogP contribution in [0.3, 0.4) is 0 Å². The summed E-state index contributed by atoms with van der Waals surface area (Å²) in [5, 5.41) is 17.5. The fraction of sp³-hybridized carbons (Fsp3) is 0.387. The highest BCUT2D eigenvalue weighted by atomic mass is 16.5. The zero-order valence-corrected chi connectivity index (χ0v) is 24.9. The molecular formula is C31H38N6O6. The number of ether oxygens (including phenoxy) is 3. The molecule has 1 saturated heterocycles. The maximum atomic E-state index is 12.7. The molecule has 0 saturated carbocycles. The molecule has 2 aromatic carbocycles. The van der Waals surface area contributed by atoms with E-state index in [1.165, 1.54) is 6.26 Å². The van der Waals surface area contributed by atoms with Crippen molar-refractivity contribution in [2.75, 3.05) is 63.8 Å². The van der Waals surface area contributed by atoms with Gasteiger partial charge in [0.05, 0.1) is 26.0 Å². The van der Waals surface area contributed by atoms with Crippen molar-refractivity contribution in [3.63, 3.8) is 0 Å². The summed E-state index contributed by atoms with van der Waals surface area (Å²) in [6.45, 7) is 6.87. The molecule has 1 aliphatic rings. The Labute approximate surface area is 250 Å². The molecule has 0 spiro atoms. The summed E-state index contributed by atoms with van der Waals surface area (Å²) < 4.78 is 22.1. The van der Waals surface area contributed by atoms with Crippen molar-refractivity contribution in [3.05, 3.63) is 60.6 Å². The van der Waals surface area contributed by atoms with E-state index in [0.717, 1.165) is 11.1 Å². The Hall–Kier alpha value is -4.55. The van der Waals surface area contributed by atoms with Crippen molar-refractivity contribution < 1.29 is 28.5 Å². The van der Waals surface area contributed by atoms with Gasteiger partial charge in [-0.05, 0) is 42.5 Å². The van der Waals surface area contributed by atoms with Gasteiger partial charge in [-0.25, -0.2) is 4.98 Å². The van der Waals surface area contributed by atoms with Crippen molar-refractivity contribution in [3.8, 4) is 17.2 Å². The van der Waals surface area contributed by atoms with E-state index in [4.69, 9.17) is 28.6 Å². The lowest BCUT2D eigenvalue weighted by atomic mass is 10.2. The third kappa shape index (κ3) is 7.27. The van der Waals surface area contributed by atoms with Crippen LogP contribution in [0.4, 0.5) is 17.5 Å². The summed E-state index contributed by atoms with van der Waals surface area (Å²) in [6.07, 6.45) is 0.894. The number of benzene rings is 2. The number of aromatic nitrogens is 2. The van der Waals surface area contributed by atoms with Crippen LogP contribution in [0, 0.1) is 0 Å². The molecule has 5 rings (SSSR count). The molecule has 3 N–H and O–H groups in total. The number of carbonyl (C=O) groups is 1. The lowest BCUT2D eigenvalue weighted by molar-refractivity contribution is 0.0714. The molecule has 0 radical (unpaired) electrons. The molecule has 228 valence electrons. The first-order chi connectivity index (χ1) is 20.8. The Morgan fingerprint density at radius 1 is 1.02 bits per heavy atom. The first kappa shape index (κ1) is 29.9. The highest BCUT2D eigenvalue weighted by molar-refractivity contribution is 5.94. The molecule has 2 aromatic heterocycles. The Morgan fingerprint density at radius 3 is 2.40 bits per heavy atom. The van der Waals surface area contributed by atoms with Gasteiger partial charge in [-0.2, -0.15) is 4.98 Å². The highest BCUT2D eigenvalue weighted by Crippen LogP contribution is 2.36. The Bertz CT molecular complexity index is 1500. The van der Waals surface area contributed by atoms with Crippen LogP contribution in [0.25, 0.3) is 10.9 Å². The number of methoxy groups -OCH3 is 2. The lowest BCUT2D eigenvalue weighted by Crippen LogP contribution is -2.49. The van der Waals surface area contributed by atoms with Gasteiger partial charge in [-0.15, -0.1) is 0 Å². The number of aliphatic hydroxyl groups is 1. The van der Waals surface area contributed by atoms with Crippen LogP contribution in [0.1, 0.15) is 24.4 Å². The van der Waals surface area contributed by atoms with Crippen LogP contribution in [0.5, 0.6) is 17.2 Å². The third-order valence-electron chi connectivity index (χ3n) is 7.09. The van der Waals surface area contributed by atoms with Crippen molar-refractivity contribution in [2.45, 2.75) is 26.0 Å². The van der Waals surface area contributed by atoms with E-state index in [1.807, 2.05) is 50.2 Å². The van der Waals surface area contributed by atoms with E-state index in [-0.39, 0.29) is 12.5 Å². The average Bonchev–Trinajstić information content (AvgIpc) is 3.57. The molecule has 12 nitrogen and oxygen atoms in total. The number of amides is 1. The number of fused-ring (bicyclic) bond motifs is 1. The molecule has 0 bridgehead atoms. The van der Waals surface area contributed by atoms with Crippen LogP contribution in [0.2, 0.25) is 0 Å². The number of piperazine rings is 1. The SMILES string of the molecule is COc1cc2nc(N3CCN(C(=O)c4ccco4)CC3)nc(Nc3ccc(OCC(O)CNC(C)C)cc3)c2cc1OC. The maximum absolute atomic E-state index is 12.7. The van der Waals surface area contributed by atoms with Gasteiger partial charge in [0.1, 0.15) is 24.3 Å². The maximum Gasteiger partial charge on any atom is 0.289 e. The zero-order valence-electron chi connectivity index (χ0n) is 24.9. The van der Waals surface area contributed by atoms with Crippen LogP contribution in [-0.2, 0) is 0 Å². The first-order valence-corrected chi connectivity index (χ1v) is 14.3. The Kier molecular flexibility index (Phi) is 9.48. The van der Waals surface area contributed by atoms with Gasteiger partial charge in [0.2, 0.25) is 5.95 Å². The molecule has 43 heavy (non-hydrogen) atoms. The smallest absolute Gasteiger partial charge is 0.289 e. The van der Waals surface area contributed by atoms with E-state index in [0.29, 0.717) is 79.1 Å². The standard InChI is InChI=1S/C31H38N6O6/c1-20(2)32-18-22(38)19-43-23-9-7-21(8-10-23)33-29-24-16-27(40-3)28(41-4)17-25(24)34-31(35-29)37-13-11-36(12-14-37)30(39)26-6-5-15-42-26/h5-10,15-17,20,22,32,38H,11-14,18-19H2,1-4H3,(H,33,34,35). The molecular weight excluding hydrogens is 552 g/mol. The summed E-state index contributed by atoms with van der Waals surface area (Å²) in [5.74, 6) is 3.11. The monoisotopic (exact) mass is 590 g/mol. The minimum atomic E-state index is -0.608. The number of hydrogen-bond acceptors (Lipinski definition) is 11. The number of hydrogen-bond donors (Lipinski definition) is 3. The lowest BCUT2D eigenvalue weighted by Gasteiger charge is -2.34. The van der Waals surface area contributed by atoms with Gasteiger partial charge >= 0.3 is 0 Å². The number of rotatable bonds is 12. The summed E-state index contributed by atoms with van der Waals surface area (Å²) in [4.78, 5) is 26.3. The molecule has 1 fully saturated rings. The fourth-order valence-corrected chi connectivity index (χ4v) is 4.74. The number of carbonyl (C=O) groups excluding carboxylic acids is 1. The normalized spacial score (nSPS) is 14.2. The molecule has 1 amide bonds. The minimum Gasteiger partial charge on any atom is -0.493 e. The van der Waals surface area contributed by atoms with Crippen LogP contribution < -0.4 is 29.7 Å². The molecule has 1 aliphatic heterocycles. The summed E-state index contributed by atoms with van der Waals surface area (Å²) in [7, 11) is 3.17. The van der Waals surface area contributed by atoms with Gasteiger partial charge < -0.3 is 44.2 Å². The first-order valence-electron chi connectivity index (χ1n) is 14.3. The number of nitrogens with one attached hydrogen (secondary N) is 2.